The van der Waals surface area contributed by atoms with Crippen molar-refractivity contribution < 1.29 is 14.2 Å². The monoisotopic (exact) mass is 300 g/mol. The molecule has 0 aliphatic rings. The van der Waals surface area contributed by atoms with Crippen LogP contribution in [0, 0.1) is 0 Å². The highest BCUT2D eigenvalue weighted by atomic mass is 16.7. The smallest absolute Gasteiger partial charge is 0.226 e. The molecule has 0 aromatic heterocycles. The van der Waals surface area contributed by atoms with Gasteiger partial charge in [0.2, 0.25) is 6.29 Å². The molecule has 22 heavy (non-hydrogen) atoms. The quantitative estimate of drug-likeness (QED) is 0.678. The minimum absolute atomic E-state index is 0.430. The van der Waals surface area contributed by atoms with Crippen LogP contribution in [0.25, 0.3) is 0 Å². The maximum Gasteiger partial charge on any atom is 0.226 e. The van der Waals surface area contributed by atoms with E-state index in [-0.39, 0.29) is 0 Å². The molecule has 0 amide bonds. The fourth-order valence-electron chi connectivity index (χ4n) is 2.25. The Morgan fingerprint density at radius 1 is 0.818 bits per heavy atom. The van der Waals surface area contributed by atoms with E-state index in [2.05, 4.69) is 26.0 Å². The Balaban J connectivity index is 2.08. The van der Waals surface area contributed by atoms with E-state index in [1.165, 1.54) is 5.56 Å². The first kappa shape index (κ1) is 16.4. The van der Waals surface area contributed by atoms with Crippen molar-refractivity contribution in [2.75, 3.05) is 14.2 Å². The number of hydrogen-bond donors (Lipinski definition) is 0. The van der Waals surface area contributed by atoms with Crippen molar-refractivity contribution >= 4 is 0 Å². The molecule has 118 valence electrons. The molecule has 0 saturated heterocycles. The van der Waals surface area contributed by atoms with E-state index < -0.39 is 6.29 Å². The standard InChI is InChI=1S/C19H24O3/c1-5-14(2)15-6-12-18(13-7-15)22-19(21-4)16-8-10-17(20-3)11-9-16/h6-14,19H,5H2,1-4H3. The summed E-state index contributed by atoms with van der Waals surface area (Å²) in [4.78, 5) is 0. The van der Waals surface area contributed by atoms with Crippen molar-refractivity contribution in [3.8, 4) is 11.5 Å². The number of hydrogen-bond acceptors (Lipinski definition) is 3. The van der Waals surface area contributed by atoms with Crippen molar-refractivity contribution in [3.05, 3.63) is 59.7 Å². The predicted octanol–water partition coefficient (Wildman–Crippen LogP) is 4.93. The Labute approximate surface area is 132 Å². The summed E-state index contributed by atoms with van der Waals surface area (Å²) in [6, 6.07) is 15.9. The molecule has 2 rings (SSSR count). The molecular formula is C19H24O3. The van der Waals surface area contributed by atoms with Gasteiger partial charge in [-0.1, -0.05) is 26.0 Å². The van der Waals surface area contributed by atoms with Crippen LogP contribution >= 0.6 is 0 Å². The molecule has 2 unspecified atom stereocenters. The third kappa shape index (κ3) is 4.01. The van der Waals surface area contributed by atoms with Gasteiger partial charge in [-0.05, 0) is 54.3 Å². The van der Waals surface area contributed by atoms with Gasteiger partial charge in [0.25, 0.3) is 0 Å². The van der Waals surface area contributed by atoms with Crippen molar-refractivity contribution in [1.82, 2.24) is 0 Å². The Morgan fingerprint density at radius 3 is 1.86 bits per heavy atom. The van der Waals surface area contributed by atoms with Crippen LogP contribution in [0.15, 0.2) is 48.5 Å². The zero-order valence-corrected chi connectivity index (χ0v) is 13.7. The number of ether oxygens (including phenoxy) is 3. The van der Waals surface area contributed by atoms with Crippen LogP contribution in [-0.4, -0.2) is 14.2 Å². The van der Waals surface area contributed by atoms with Crippen LogP contribution in [-0.2, 0) is 4.74 Å². The van der Waals surface area contributed by atoms with Crippen LogP contribution < -0.4 is 9.47 Å². The Kier molecular flexibility index (Phi) is 5.84. The van der Waals surface area contributed by atoms with E-state index in [0.717, 1.165) is 23.5 Å². The molecule has 3 nitrogen and oxygen atoms in total. The van der Waals surface area contributed by atoms with E-state index in [0.29, 0.717) is 5.92 Å². The first-order valence-corrected chi connectivity index (χ1v) is 7.61. The molecule has 0 fully saturated rings. The number of methoxy groups -OCH3 is 2. The molecular weight excluding hydrogens is 276 g/mol. The zero-order chi connectivity index (χ0) is 15.9. The molecule has 2 aromatic rings. The molecule has 0 aliphatic heterocycles. The van der Waals surface area contributed by atoms with Gasteiger partial charge in [-0.25, -0.2) is 0 Å². The topological polar surface area (TPSA) is 27.7 Å². The first-order valence-electron chi connectivity index (χ1n) is 7.61. The van der Waals surface area contributed by atoms with E-state index in [4.69, 9.17) is 14.2 Å². The van der Waals surface area contributed by atoms with Crippen LogP contribution in [0.1, 0.15) is 43.6 Å². The summed E-state index contributed by atoms with van der Waals surface area (Å²) >= 11 is 0. The van der Waals surface area contributed by atoms with Gasteiger partial charge in [-0.2, -0.15) is 0 Å². The summed E-state index contributed by atoms with van der Waals surface area (Å²) in [6.45, 7) is 4.42. The van der Waals surface area contributed by atoms with E-state index >= 15 is 0 Å². The van der Waals surface area contributed by atoms with Crippen molar-refractivity contribution in [2.24, 2.45) is 0 Å². The van der Waals surface area contributed by atoms with Gasteiger partial charge in [-0.15, -0.1) is 0 Å². The molecule has 3 heteroatoms. The molecule has 0 N–H and O–H groups in total. The molecule has 0 aliphatic carbocycles. The summed E-state index contributed by atoms with van der Waals surface area (Å²) < 4.78 is 16.5. The lowest BCUT2D eigenvalue weighted by molar-refractivity contribution is -0.0562. The lowest BCUT2D eigenvalue weighted by Gasteiger charge is -2.18. The van der Waals surface area contributed by atoms with Crippen LogP contribution in [0.5, 0.6) is 11.5 Å². The predicted molar refractivity (Wildman–Crippen MR) is 88.5 cm³/mol. The molecule has 0 radical (unpaired) electrons. The molecule has 2 aromatic carbocycles. The summed E-state index contributed by atoms with van der Waals surface area (Å²) in [5.74, 6) is 2.18. The van der Waals surface area contributed by atoms with Gasteiger partial charge < -0.3 is 14.2 Å². The van der Waals surface area contributed by atoms with Gasteiger partial charge in [0.05, 0.1) is 7.11 Å². The average Bonchev–Trinajstić information content (AvgIpc) is 2.59. The van der Waals surface area contributed by atoms with Crippen LogP contribution in [0.4, 0.5) is 0 Å². The Morgan fingerprint density at radius 2 is 1.36 bits per heavy atom. The summed E-state index contributed by atoms with van der Waals surface area (Å²) in [5, 5.41) is 0. The second-order valence-corrected chi connectivity index (χ2v) is 5.34. The zero-order valence-electron chi connectivity index (χ0n) is 13.7. The SMILES string of the molecule is CCC(C)c1ccc(OC(OC)c2ccc(OC)cc2)cc1. The highest BCUT2D eigenvalue weighted by Crippen LogP contribution is 2.26. The largest absolute Gasteiger partial charge is 0.497 e. The molecule has 0 bridgehead atoms. The average molecular weight is 300 g/mol. The molecule has 0 saturated carbocycles. The lowest BCUT2D eigenvalue weighted by atomic mass is 9.99. The molecule has 0 spiro atoms. The molecule has 0 heterocycles. The Hall–Kier alpha value is -2.00. The van der Waals surface area contributed by atoms with Crippen LogP contribution in [0.3, 0.4) is 0 Å². The van der Waals surface area contributed by atoms with E-state index in [9.17, 15) is 0 Å². The van der Waals surface area contributed by atoms with E-state index in [1.807, 2.05) is 36.4 Å². The fraction of sp³-hybridized carbons (Fsp3) is 0.368. The second-order valence-electron chi connectivity index (χ2n) is 5.34. The molecule has 2 atom stereocenters. The van der Waals surface area contributed by atoms with E-state index in [1.54, 1.807) is 14.2 Å². The minimum atomic E-state index is -0.430. The normalized spacial score (nSPS) is 13.5. The second kappa shape index (κ2) is 7.85. The van der Waals surface area contributed by atoms with Crippen molar-refractivity contribution in [3.63, 3.8) is 0 Å². The van der Waals surface area contributed by atoms with Gasteiger partial charge in [0.1, 0.15) is 11.5 Å². The first-order chi connectivity index (χ1) is 10.7. The number of benzene rings is 2. The van der Waals surface area contributed by atoms with Gasteiger partial charge in [-0.3, -0.25) is 0 Å². The van der Waals surface area contributed by atoms with Crippen molar-refractivity contribution in [1.29, 1.82) is 0 Å². The third-order valence-corrected chi connectivity index (χ3v) is 3.91. The lowest BCUT2D eigenvalue weighted by Crippen LogP contribution is -2.09. The highest BCUT2D eigenvalue weighted by molar-refractivity contribution is 5.31. The maximum atomic E-state index is 5.93. The van der Waals surface area contributed by atoms with Crippen molar-refractivity contribution in [2.45, 2.75) is 32.5 Å². The summed E-state index contributed by atoms with van der Waals surface area (Å²) in [7, 11) is 3.29. The Bertz CT molecular complexity index is 560. The third-order valence-electron chi connectivity index (χ3n) is 3.91. The van der Waals surface area contributed by atoms with Crippen LogP contribution in [0.2, 0.25) is 0 Å². The minimum Gasteiger partial charge on any atom is -0.497 e. The number of rotatable bonds is 7. The van der Waals surface area contributed by atoms with Gasteiger partial charge in [0, 0.05) is 12.7 Å². The van der Waals surface area contributed by atoms with Gasteiger partial charge in [0.15, 0.2) is 0 Å². The van der Waals surface area contributed by atoms with Gasteiger partial charge >= 0.3 is 0 Å². The summed E-state index contributed by atoms with van der Waals surface area (Å²) in [6.07, 6.45) is 0.701. The maximum absolute atomic E-state index is 5.93. The summed E-state index contributed by atoms with van der Waals surface area (Å²) in [5.41, 5.74) is 2.28. The fourth-order valence-corrected chi connectivity index (χ4v) is 2.25. The highest BCUT2D eigenvalue weighted by Gasteiger charge is 2.13.